The number of H-pyrrole nitrogens is 1. The summed E-state index contributed by atoms with van der Waals surface area (Å²) >= 11 is 0. The molecule has 0 unspecified atom stereocenters. The average Bonchev–Trinajstić information content (AvgIpc) is 3.76. The van der Waals surface area contributed by atoms with Gasteiger partial charge in [-0.2, -0.15) is 15.3 Å². The maximum absolute atomic E-state index is 13.6. The Labute approximate surface area is 258 Å². The smallest absolute Gasteiger partial charge is 0.252 e. The number of nitrogens with one attached hydrogen (secondary N) is 3. The Balaban J connectivity index is 1.07. The van der Waals surface area contributed by atoms with Crippen LogP contribution in [0.3, 0.4) is 0 Å². The minimum Gasteiger partial charge on any atom is -0.368 e. The number of rotatable bonds is 9. The van der Waals surface area contributed by atoms with Crippen LogP contribution in [0.2, 0.25) is 0 Å². The molecule has 3 N–H and O–H groups in total. The van der Waals surface area contributed by atoms with E-state index in [1.807, 2.05) is 30.8 Å². The topological polar surface area (TPSA) is 166 Å². The Morgan fingerprint density at radius 3 is 2.56 bits per heavy atom. The third-order valence-corrected chi connectivity index (χ3v) is 9.04. The van der Waals surface area contributed by atoms with E-state index in [1.54, 1.807) is 13.3 Å². The Kier molecular flexibility index (Phi) is 7.47. The lowest BCUT2D eigenvalue weighted by atomic mass is 9.77. The molecule has 2 aliphatic carbocycles. The average molecular weight is 615 g/mol. The van der Waals surface area contributed by atoms with Crippen LogP contribution < -0.4 is 10.6 Å². The van der Waals surface area contributed by atoms with Crippen LogP contribution in [0.4, 0.5) is 16.0 Å². The van der Waals surface area contributed by atoms with Crippen LogP contribution in [0.1, 0.15) is 87.1 Å². The van der Waals surface area contributed by atoms with Crippen molar-refractivity contribution in [2.75, 3.05) is 12.4 Å². The van der Waals surface area contributed by atoms with Crippen molar-refractivity contribution in [2.45, 2.75) is 82.4 Å². The quantitative estimate of drug-likeness (QED) is 0.217. The molecule has 0 radical (unpaired) electrons. The van der Waals surface area contributed by atoms with Crippen molar-refractivity contribution in [1.29, 1.82) is 0 Å². The summed E-state index contributed by atoms with van der Waals surface area (Å²) in [7, 11) is 1.58. The second-order valence-corrected chi connectivity index (χ2v) is 12.0. The fourth-order valence-corrected chi connectivity index (χ4v) is 6.09. The van der Waals surface area contributed by atoms with E-state index in [2.05, 4.69) is 41.0 Å². The Bertz CT molecular complexity index is 1820. The van der Waals surface area contributed by atoms with Gasteiger partial charge in [0.25, 0.3) is 5.91 Å². The summed E-state index contributed by atoms with van der Waals surface area (Å²) in [6, 6.07) is 1.85. The number of aryl methyl sites for hydroxylation is 1. The summed E-state index contributed by atoms with van der Waals surface area (Å²) in [6.45, 7) is 3.79. The van der Waals surface area contributed by atoms with Gasteiger partial charge in [-0.1, -0.05) is 0 Å². The molecule has 2 saturated carbocycles. The highest BCUT2D eigenvalue weighted by Crippen LogP contribution is 2.41. The molecule has 0 aromatic carbocycles. The van der Waals surface area contributed by atoms with Gasteiger partial charge in [0.2, 0.25) is 0 Å². The fraction of sp³-hybridized carbons (Fsp3) is 0.467. The molecule has 1 atom stereocenters. The molecule has 5 heterocycles. The number of amides is 1. The minimum absolute atomic E-state index is 0.0413. The van der Waals surface area contributed by atoms with Gasteiger partial charge >= 0.3 is 0 Å². The van der Waals surface area contributed by atoms with Gasteiger partial charge in [-0.3, -0.25) is 14.9 Å². The Morgan fingerprint density at radius 2 is 1.93 bits per heavy atom. The van der Waals surface area contributed by atoms with Gasteiger partial charge in [0.15, 0.2) is 23.1 Å². The highest BCUT2D eigenvalue weighted by molar-refractivity contribution is 5.88. The lowest BCUT2D eigenvalue weighted by Crippen LogP contribution is -2.51. The molecule has 5 aromatic heterocycles. The molecule has 234 valence electrons. The first-order valence-corrected chi connectivity index (χ1v) is 15.2. The van der Waals surface area contributed by atoms with E-state index >= 15 is 0 Å². The van der Waals surface area contributed by atoms with Crippen LogP contribution >= 0.6 is 0 Å². The standard InChI is InChI=1S/C30H35FN12O2/c1-17-11-24(41-40-17)37-27-22-13-35-43(21-5-4-6-21)28(22)39-26(38-27)19-7-9-30(45-3,10-8-19)29(44)36-18(2)23-14-33-25(15-32-23)42-16-20(31)12-34-42/h11-16,18-19,21H,4-10H2,1-3H3,(H,36,44)(H2,37,38,39,40,41)/t18-,19-,30-/m0/s1. The number of carbonyl (C=O) groups excluding carboxylic acids is 1. The number of hydrogen-bond acceptors (Lipinski definition) is 10. The maximum Gasteiger partial charge on any atom is 0.252 e. The van der Waals surface area contributed by atoms with Crippen molar-refractivity contribution in [3.8, 4) is 5.82 Å². The predicted octanol–water partition coefficient (Wildman–Crippen LogP) is 4.36. The number of methoxy groups -OCH3 is 1. The molecule has 0 aliphatic heterocycles. The summed E-state index contributed by atoms with van der Waals surface area (Å²) in [6.07, 6.45) is 12.9. The lowest BCUT2D eigenvalue weighted by molar-refractivity contribution is -0.148. The van der Waals surface area contributed by atoms with E-state index in [-0.39, 0.29) is 11.8 Å². The Morgan fingerprint density at radius 1 is 1.11 bits per heavy atom. The van der Waals surface area contributed by atoms with Crippen LogP contribution in [0, 0.1) is 12.7 Å². The number of aromatic nitrogens is 10. The van der Waals surface area contributed by atoms with Gasteiger partial charge in [0.05, 0.1) is 54.1 Å². The first kappa shape index (κ1) is 29.0. The number of halogens is 1. The van der Waals surface area contributed by atoms with Crippen LogP contribution in [0.5, 0.6) is 0 Å². The number of carbonyl (C=O) groups is 1. The zero-order valence-electron chi connectivity index (χ0n) is 25.4. The molecule has 2 aliphatic rings. The van der Waals surface area contributed by atoms with E-state index in [0.29, 0.717) is 54.9 Å². The third kappa shape index (κ3) is 5.52. The van der Waals surface area contributed by atoms with Crippen LogP contribution in [0.15, 0.2) is 37.1 Å². The monoisotopic (exact) mass is 614 g/mol. The fourth-order valence-electron chi connectivity index (χ4n) is 6.09. The second kappa shape index (κ2) is 11.6. The van der Waals surface area contributed by atoms with Crippen molar-refractivity contribution in [1.82, 2.24) is 55.0 Å². The minimum atomic E-state index is -0.990. The number of aromatic amines is 1. The van der Waals surface area contributed by atoms with Crippen molar-refractivity contribution in [3.05, 3.63) is 60.1 Å². The summed E-state index contributed by atoms with van der Waals surface area (Å²) in [4.78, 5) is 32.4. The third-order valence-electron chi connectivity index (χ3n) is 9.04. The first-order chi connectivity index (χ1) is 21.8. The molecule has 45 heavy (non-hydrogen) atoms. The largest absolute Gasteiger partial charge is 0.368 e. The molecule has 15 heteroatoms. The van der Waals surface area contributed by atoms with Gasteiger partial charge in [-0.15, -0.1) is 0 Å². The van der Waals surface area contributed by atoms with Crippen molar-refractivity contribution >= 4 is 28.6 Å². The van der Waals surface area contributed by atoms with Crippen LogP contribution in [-0.2, 0) is 9.53 Å². The number of anilines is 2. The molecule has 0 saturated heterocycles. The molecule has 1 amide bonds. The molecular formula is C30H35FN12O2. The zero-order valence-corrected chi connectivity index (χ0v) is 25.4. The molecule has 14 nitrogen and oxygen atoms in total. The van der Waals surface area contributed by atoms with Crippen LogP contribution in [0.25, 0.3) is 16.9 Å². The molecule has 0 bridgehead atoms. The number of nitrogens with zero attached hydrogens (tertiary/aromatic N) is 9. The highest BCUT2D eigenvalue weighted by atomic mass is 19.1. The summed E-state index contributed by atoms with van der Waals surface area (Å²) in [5, 5.41) is 23.2. The molecular weight excluding hydrogens is 579 g/mol. The Hall–Kier alpha value is -4.79. The van der Waals surface area contributed by atoms with E-state index in [9.17, 15) is 9.18 Å². The lowest BCUT2D eigenvalue weighted by Gasteiger charge is -2.38. The first-order valence-electron chi connectivity index (χ1n) is 15.2. The van der Waals surface area contributed by atoms with Crippen molar-refractivity contribution < 1.29 is 13.9 Å². The van der Waals surface area contributed by atoms with Crippen molar-refractivity contribution in [2.24, 2.45) is 0 Å². The number of ether oxygens (including phenoxy) is 1. The predicted molar refractivity (Wildman–Crippen MR) is 161 cm³/mol. The van der Waals surface area contributed by atoms with Crippen LogP contribution in [-0.4, -0.2) is 68.3 Å². The summed E-state index contributed by atoms with van der Waals surface area (Å²) in [5.74, 6) is 1.83. The summed E-state index contributed by atoms with van der Waals surface area (Å²) in [5.41, 5.74) is 1.34. The van der Waals surface area contributed by atoms with E-state index in [4.69, 9.17) is 14.7 Å². The second-order valence-electron chi connectivity index (χ2n) is 12.0. The van der Waals surface area contributed by atoms with Gasteiger partial charge in [0, 0.05) is 24.8 Å². The molecule has 2 fully saturated rings. The van der Waals surface area contributed by atoms with Gasteiger partial charge in [-0.05, 0) is 58.8 Å². The molecule has 0 spiro atoms. The normalized spacial score (nSPS) is 21.0. The highest BCUT2D eigenvalue weighted by Gasteiger charge is 2.43. The zero-order chi connectivity index (χ0) is 31.1. The molecule has 5 aromatic rings. The van der Waals surface area contributed by atoms with Gasteiger partial charge in [-0.25, -0.2) is 28.7 Å². The number of fused-ring (bicyclic) bond motifs is 1. The van der Waals surface area contributed by atoms with Crippen molar-refractivity contribution in [3.63, 3.8) is 0 Å². The van der Waals surface area contributed by atoms with E-state index < -0.39 is 17.5 Å². The maximum atomic E-state index is 13.6. The summed E-state index contributed by atoms with van der Waals surface area (Å²) < 4.78 is 22.6. The van der Waals surface area contributed by atoms with E-state index in [0.717, 1.165) is 41.6 Å². The van der Waals surface area contributed by atoms with Gasteiger partial charge < -0.3 is 15.4 Å². The molecule has 7 rings (SSSR count). The van der Waals surface area contributed by atoms with Gasteiger partial charge in [0.1, 0.15) is 17.2 Å². The number of hydrogen-bond donors (Lipinski definition) is 3. The SMILES string of the molecule is CO[C@]1(C(=O)N[C@@H](C)c2cnc(-n3cc(F)cn3)cn2)CC[C@@H](c2nc(Nc3cc(C)[nH]n3)c3cnn(C4CCC4)c3n2)CC1. The van der Waals surface area contributed by atoms with E-state index in [1.165, 1.54) is 23.5 Å².